The van der Waals surface area contributed by atoms with Gasteiger partial charge in [0.05, 0.1) is 6.10 Å². The van der Waals surface area contributed by atoms with Crippen LogP contribution in [0.25, 0.3) is 0 Å². The molecular formula is C19H24O. The fourth-order valence-electron chi connectivity index (χ4n) is 2.71. The highest BCUT2D eigenvalue weighted by Crippen LogP contribution is 2.22. The molecule has 1 heteroatoms. The summed E-state index contributed by atoms with van der Waals surface area (Å²) in [4.78, 5) is 0. The van der Waals surface area contributed by atoms with E-state index in [1.807, 2.05) is 0 Å². The minimum atomic E-state index is -0.423. The van der Waals surface area contributed by atoms with Crippen LogP contribution in [0.4, 0.5) is 0 Å². The molecule has 1 N–H and O–H groups in total. The topological polar surface area (TPSA) is 20.2 Å². The van der Waals surface area contributed by atoms with Gasteiger partial charge in [-0.15, -0.1) is 0 Å². The lowest BCUT2D eigenvalue weighted by molar-refractivity contribution is 0.178. The number of aliphatic hydroxyl groups is 1. The molecule has 0 fully saturated rings. The Balaban J connectivity index is 2.18. The molecule has 2 rings (SSSR count). The van der Waals surface area contributed by atoms with Gasteiger partial charge in [0.1, 0.15) is 0 Å². The van der Waals surface area contributed by atoms with E-state index >= 15 is 0 Å². The van der Waals surface area contributed by atoms with Crippen molar-refractivity contribution in [1.82, 2.24) is 0 Å². The predicted molar refractivity (Wildman–Crippen MR) is 85.0 cm³/mol. The molecule has 0 saturated heterocycles. The summed E-state index contributed by atoms with van der Waals surface area (Å²) in [6.45, 7) is 6.43. The molecule has 0 heterocycles. The molecule has 0 bridgehead atoms. The molecule has 1 nitrogen and oxygen atoms in total. The van der Waals surface area contributed by atoms with Crippen LogP contribution in [-0.4, -0.2) is 5.11 Å². The normalized spacial score (nSPS) is 12.4. The van der Waals surface area contributed by atoms with Crippen LogP contribution in [0.2, 0.25) is 0 Å². The summed E-state index contributed by atoms with van der Waals surface area (Å²) in [5.41, 5.74) is 6.20. The lowest BCUT2D eigenvalue weighted by Crippen LogP contribution is -2.04. The summed E-state index contributed by atoms with van der Waals surface area (Å²) in [6, 6.07) is 14.8. The van der Waals surface area contributed by atoms with Crippen molar-refractivity contribution in [3.05, 3.63) is 70.3 Å². The number of hydrogen-bond acceptors (Lipinski definition) is 1. The SMILES string of the molecule is CCc1ccc(C(O)Cc2cccc(C)c2)cc1CC. The van der Waals surface area contributed by atoms with E-state index in [2.05, 4.69) is 63.2 Å². The van der Waals surface area contributed by atoms with Gasteiger partial charge < -0.3 is 5.11 Å². The number of hydrogen-bond donors (Lipinski definition) is 1. The Kier molecular flexibility index (Phi) is 4.97. The lowest BCUT2D eigenvalue weighted by Gasteiger charge is -2.15. The van der Waals surface area contributed by atoms with Crippen LogP contribution in [-0.2, 0) is 19.3 Å². The van der Waals surface area contributed by atoms with Gasteiger partial charge in [-0.25, -0.2) is 0 Å². The Morgan fingerprint density at radius 1 is 0.950 bits per heavy atom. The maximum Gasteiger partial charge on any atom is 0.0830 e. The van der Waals surface area contributed by atoms with Gasteiger partial charge in [0.25, 0.3) is 0 Å². The first-order valence-corrected chi connectivity index (χ1v) is 7.49. The van der Waals surface area contributed by atoms with E-state index in [0.717, 1.165) is 18.4 Å². The third-order valence-corrected chi connectivity index (χ3v) is 3.89. The van der Waals surface area contributed by atoms with Crippen molar-refractivity contribution in [3.8, 4) is 0 Å². The molecule has 20 heavy (non-hydrogen) atoms. The molecule has 2 aromatic carbocycles. The molecule has 0 aliphatic rings. The van der Waals surface area contributed by atoms with E-state index in [-0.39, 0.29) is 0 Å². The van der Waals surface area contributed by atoms with Gasteiger partial charge in [-0.05, 0) is 42.0 Å². The smallest absolute Gasteiger partial charge is 0.0830 e. The molecule has 0 aliphatic heterocycles. The van der Waals surface area contributed by atoms with E-state index in [4.69, 9.17) is 0 Å². The molecule has 1 unspecified atom stereocenters. The minimum Gasteiger partial charge on any atom is -0.388 e. The fraction of sp³-hybridized carbons (Fsp3) is 0.368. The molecule has 0 spiro atoms. The van der Waals surface area contributed by atoms with Crippen molar-refractivity contribution in [2.45, 2.75) is 46.1 Å². The van der Waals surface area contributed by atoms with Crippen LogP contribution < -0.4 is 0 Å². The minimum absolute atomic E-state index is 0.423. The van der Waals surface area contributed by atoms with Gasteiger partial charge >= 0.3 is 0 Å². The average Bonchev–Trinajstić information content (AvgIpc) is 2.46. The first-order chi connectivity index (χ1) is 9.63. The Morgan fingerprint density at radius 2 is 1.70 bits per heavy atom. The first kappa shape index (κ1) is 14.8. The second-order valence-corrected chi connectivity index (χ2v) is 5.44. The van der Waals surface area contributed by atoms with Crippen LogP contribution in [0.1, 0.15) is 47.8 Å². The highest BCUT2D eigenvalue weighted by Gasteiger charge is 2.10. The molecule has 0 aliphatic carbocycles. The van der Waals surface area contributed by atoms with Crippen molar-refractivity contribution < 1.29 is 5.11 Å². The zero-order chi connectivity index (χ0) is 14.5. The molecule has 0 saturated carbocycles. The average molecular weight is 268 g/mol. The Bertz CT molecular complexity index is 572. The second-order valence-electron chi connectivity index (χ2n) is 5.44. The monoisotopic (exact) mass is 268 g/mol. The largest absolute Gasteiger partial charge is 0.388 e. The molecular weight excluding hydrogens is 244 g/mol. The summed E-state index contributed by atoms with van der Waals surface area (Å²) in [5, 5.41) is 10.4. The highest BCUT2D eigenvalue weighted by molar-refractivity contribution is 5.34. The zero-order valence-corrected chi connectivity index (χ0v) is 12.7. The Hall–Kier alpha value is -1.60. The maximum absolute atomic E-state index is 10.4. The summed E-state index contributed by atoms with van der Waals surface area (Å²) in [7, 11) is 0. The number of benzene rings is 2. The quantitative estimate of drug-likeness (QED) is 0.852. The molecule has 106 valence electrons. The number of rotatable bonds is 5. The standard InChI is InChI=1S/C19H24O/c1-4-16-9-10-18(13-17(16)5-2)19(20)12-15-8-6-7-14(3)11-15/h6-11,13,19-20H,4-5,12H2,1-3H3. The second kappa shape index (κ2) is 6.71. The van der Waals surface area contributed by atoms with Crippen molar-refractivity contribution >= 4 is 0 Å². The van der Waals surface area contributed by atoms with Gasteiger partial charge in [-0.2, -0.15) is 0 Å². The molecule has 0 amide bonds. The Morgan fingerprint density at radius 3 is 2.35 bits per heavy atom. The van der Waals surface area contributed by atoms with Gasteiger partial charge in [-0.3, -0.25) is 0 Å². The summed E-state index contributed by atoms with van der Waals surface area (Å²) in [5.74, 6) is 0. The third kappa shape index (κ3) is 3.49. The maximum atomic E-state index is 10.4. The Labute approximate surface area is 122 Å². The van der Waals surface area contributed by atoms with Crippen LogP contribution in [0.15, 0.2) is 42.5 Å². The summed E-state index contributed by atoms with van der Waals surface area (Å²) < 4.78 is 0. The van der Waals surface area contributed by atoms with E-state index in [9.17, 15) is 5.11 Å². The van der Waals surface area contributed by atoms with Gasteiger partial charge in [0.15, 0.2) is 0 Å². The number of aryl methyl sites for hydroxylation is 3. The van der Waals surface area contributed by atoms with Crippen LogP contribution in [0.5, 0.6) is 0 Å². The molecule has 1 atom stereocenters. The van der Waals surface area contributed by atoms with E-state index < -0.39 is 6.10 Å². The third-order valence-electron chi connectivity index (χ3n) is 3.89. The zero-order valence-electron chi connectivity index (χ0n) is 12.7. The summed E-state index contributed by atoms with van der Waals surface area (Å²) in [6.07, 6.45) is 2.33. The van der Waals surface area contributed by atoms with E-state index in [1.54, 1.807) is 0 Å². The van der Waals surface area contributed by atoms with Gasteiger partial charge in [0, 0.05) is 6.42 Å². The van der Waals surface area contributed by atoms with E-state index in [0.29, 0.717) is 6.42 Å². The summed E-state index contributed by atoms with van der Waals surface area (Å²) >= 11 is 0. The predicted octanol–water partition coefficient (Wildman–Crippen LogP) is 4.40. The van der Waals surface area contributed by atoms with Gasteiger partial charge in [0.2, 0.25) is 0 Å². The van der Waals surface area contributed by atoms with Crippen LogP contribution >= 0.6 is 0 Å². The molecule has 0 aromatic heterocycles. The van der Waals surface area contributed by atoms with Crippen molar-refractivity contribution in [2.75, 3.05) is 0 Å². The van der Waals surface area contributed by atoms with Gasteiger partial charge in [-0.1, -0.05) is 61.9 Å². The fourth-order valence-corrected chi connectivity index (χ4v) is 2.71. The number of aliphatic hydroxyl groups excluding tert-OH is 1. The molecule has 0 radical (unpaired) electrons. The lowest BCUT2D eigenvalue weighted by atomic mass is 9.95. The van der Waals surface area contributed by atoms with Crippen molar-refractivity contribution in [3.63, 3.8) is 0 Å². The van der Waals surface area contributed by atoms with Crippen LogP contribution in [0, 0.1) is 6.92 Å². The highest BCUT2D eigenvalue weighted by atomic mass is 16.3. The van der Waals surface area contributed by atoms with Crippen LogP contribution in [0.3, 0.4) is 0 Å². The van der Waals surface area contributed by atoms with E-state index in [1.165, 1.54) is 22.3 Å². The first-order valence-electron chi connectivity index (χ1n) is 7.49. The van der Waals surface area contributed by atoms with Crippen molar-refractivity contribution in [1.29, 1.82) is 0 Å². The van der Waals surface area contributed by atoms with Crippen molar-refractivity contribution in [2.24, 2.45) is 0 Å². The molecule has 2 aromatic rings.